The predicted molar refractivity (Wildman–Crippen MR) is 85.8 cm³/mol. The van der Waals surface area contributed by atoms with Crippen molar-refractivity contribution in [3.05, 3.63) is 24.3 Å². The van der Waals surface area contributed by atoms with Crippen molar-refractivity contribution in [1.29, 1.82) is 0 Å². The van der Waals surface area contributed by atoms with Gasteiger partial charge in [-0.3, -0.25) is 0 Å². The Morgan fingerprint density at radius 2 is 1.85 bits per heavy atom. The predicted octanol–water partition coefficient (Wildman–Crippen LogP) is 3.40. The van der Waals surface area contributed by atoms with E-state index in [1.807, 2.05) is 0 Å². The third-order valence-corrected chi connectivity index (χ3v) is 4.39. The van der Waals surface area contributed by atoms with Crippen LogP contribution in [-0.4, -0.2) is 44.7 Å². The SMILES string of the molecule is CCCCN(C)C1CCN(c2ccc(OC)cc2)CC1. The van der Waals surface area contributed by atoms with Gasteiger partial charge in [0.15, 0.2) is 0 Å². The van der Waals surface area contributed by atoms with E-state index >= 15 is 0 Å². The number of rotatable bonds is 6. The molecule has 0 bridgehead atoms. The van der Waals surface area contributed by atoms with Crippen LogP contribution in [0.5, 0.6) is 5.75 Å². The largest absolute Gasteiger partial charge is 0.497 e. The molecule has 1 aliphatic heterocycles. The molecule has 1 aromatic rings. The van der Waals surface area contributed by atoms with Gasteiger partial charge in [0.05, 0.1) is 7.11 Å². The van der Waals surface area contributed by atoms with E-state index in [4.69, 9.17) is 4.74 Å². The fourth-order valence-corrected chi connectivity index (χ4v) is 2.95. The van der Waals surface area contributed by atoms with E-state index < -0.39 is 0 Å². The van der Waals surface area contributed by atoms with Crippen molar-refractivity contribution in [2.45, 2.75) is 38.6 Å². The Labute approximate surface area is 123 Å². The second-order valence-corrected chi connectivity index (χ2v) is 5.75. The lowest BCUT2D eigenvalue weighted by molar-refractivity contribution is 0.205. The van der Waals surface area contributed by atoms with Crippen molar-refractivity contribution in [3.63, 3.8) is 0 Å². The Morgan fingerprint density at radius 1 is 1.20 bits per heavy atom. The topological polar surface area (TPSA) is 15.7 Å². The number of benzene rings is 1. The van der Waals surface area contributed by atoms with Crippen LogP contribution in [0.3, 0.4) is 0 Å². The number of piperidine rings is 1. The molecule has 20 heavy (non-hydrogen) atoms. The second kappa shape index (κ2) is 7.53. The van der Waals surface area contributed by atoms with Crippen molar-refractivity contribution in [3.8, 4) is 5.75 Å². The molecular formula is C17H28N2O. The molecule has 1 aromatic carbocycles. The lowest BCUT2D eigenvalue weighted by Crippen LogP contribution is -2.43. The minimum Gasteiger partial charge on any atom is -0.497 e. The molecule has 0 aliphatic carbocycles. The van der Waals surface area contributed by atoms with Crippen LogP contribution in [0, 0.1) is 0 Å². The highest BCUT2D eigenvalue weighted by atomic mass is 16.5. The molecule has 0 N–H and O–H groups in total. The molecule has 1 fully saturated rings. The molecule has 0 spiro atoms. The normalized spacial score (nSPS) is 16.7. The smallest absolute Gasteiger partial charge is 0.119 e. The van der Waals surface area contributed by atoms with E-state index in [2.05, 4.69) is 48.0 Å². The third-order valence-electron chi connectivity index (χ3n) is 4.39. The number of ether oxygens (including phenoxy) is 1. The third kappa shape index (κ3) is 3.89. The van der Waals surface area contributed by atoms with E-state index in [0.717, 1.165) is 24.9 Å². The van der Waals surface area contributed by atoms with Crippen molar-refractivity contribution < 1.29 is 4.74 Å². The maximum absolute atomic E-state index is 5.22. The zero-order chi connectivity index (χ0) is 14.4. The van der Waals surface area contributed by atoms with Gasteiger partial charge in [-0.25, -0.2) is 0 Å². The first-order valence-corrected chi connectivity index (χ1v) is 7.84. The van der Waals surface area contributed by atoms with Crippen LogP contribution in [0.4, 0.5) is 5.69 Å². The van der Waals surface area contributed by atoms with Gasteiger partial charge in [0.2, 0.25) is 0 Å². The molecule has 112 valence electrons. The number of unbranched alkanes of at least 4 members (excludes halogenated alkanes) is 1. The first kappa shape index (κ1) is 15.2. The van der Waals surface area contributed by atoms with Gasteiger partial charge in [0.25, 0.3) is 0 Å². The van der Waals surface area contributed by atoms with E-state index in [1.54, 1.807) is 7.11 Å². The van der Waals surface area contributed by atoms with E-state index in [0.29, 0.717) is 0 Å². The molecule has 0 amide bonds. The Kier molecular flexibility index (Phi) is 5.72. The zero-order valence-electron chi connectivity index (χ0n) is 13.1. The number of methoxy groups -OCH3 is 1. The van der Waals surface area contributed by atoms with Gasteiger partial charge in [-0.1, -0.05) is 13.3 Å². The highest BCUT2D eigenvalue weighted by Crippen LogP contribution is 2.24. The molecule has 3 heteroatoms. The Balaban J connectivity index is 1.83. The van der Waals surface area contributed by atoms with Gasteiger partial charge >= 0.3 is 0 Å². The van der Waals surface area contributed by atoms with Crippen LogP contribution in [0.1, 0.15) is 32.6 Å². The van der Waals surface area contributed by atoms with Crippen LogP contribution in [0.25, 0.3) is 0 Å². The molecule has 0 aromatic heterocycles. The molecule has 1 heterocycles. The summed E-state index contributed by atoms with van der Waals surface area (Å²) in [6, 6.07) is 9.19. The average molecular weight is 276 g/mol. The molecular weight excluding hydrogens is 248 g/mol. The van der Waals surface area contributed by atoms with E-state index in [1.165, 1.54) is 37.9 Å². The van der Waals surface area contributed by atoms with Crippen LogP contribution in [0.15, 0.2) is 24.3 Å². The van der Waals surface area contributed by atoms with Crippen LogP contribution in [0.2, 0.25) is 0 Å². The van der Waals surface area contributed by atoms with Crippen LogP contribution < -0.4 is 9.64 Å². The lowest BCUT2D eigenvalue weighted by atomic mass is 10.0. The highest BCUT2D eigenvalue weighted by Gasteiger charge is 2.22. The van der Waals surface area contributed by atoms with E-state index in [-0.39, 0.29) is 0 Å². The summed E-state index contributed by atoms with van der Waals surface area (Å²) in [6.45, 7) is 5.82. The monoisotopic (exact) mass is 276 g/mol. The molecule has 0 unspecified atom stereocenters. The number of anilines is 1. The number of nitrogens with zero attached hydrogens (tertiary/aromatic N) is 2. The maximum atomic E-state index is 5.22. The summed E-state index contributed by atoms with van der Waals surface area (Å²) < 4.78 is 5.22. The Bertz CT molecular complexity index is 382. The minimum atomic E-state index is 0.760. The fraction of sp³-hybridized carbons (Fsp3) is 0.647. The van der Waals surface area contributed by atoms with Gasteiger partial charge in [0, 0.05) is 24.8 Å². The fourth-order valence-electron chi connectivity index (χ4n) is 2.95. The van der Waals surface area contributed by atoms with Crippen LogP contribution >= 0.6 is 0 Å². The lowest BCUT2D eigenvalue weighted by Gasteiger charge is -2.38. The summed E-state index contributed by atoms with van der Waals surface area (Å²) in [6.07, 6.45) is 5.14. The summed E-state index contributed by atoms with van der Waals surface area (Å²) in [5.41, 5.74) is 1.32. The average Bonchev–Trinajstić information content (AvgIpc) is 2.53. The molecule has 0 saturated carbocycles. The summed E-state index contributed by atoms with van der Waals surface area (Å²) in [5, 5.41) is 0. The number of hydrogen-bond acceptors (Lipinski definition) is 3. The number of hydrogen-bond donors (Lipinski definition) is 0. The van der Waals surface area contributed by atoms with Gasteiger partial charge in [0.1, 0.15) is 5.75 Å². The summed E-state index contributed by atoms with van der Waals surface area (Å²) in [7, 11) is 4.00. The Hall–Kier alpha value is -1.22. The first-order chi connectivity index (χ1) is 9.74. The summed E-state index contributed by atoms with van der Waals surface area (Å²) in [5.74, 6) is 0.933. The van der Waals surface area contributed by atoms with Crippen molar-refractivity contribution >= 4 is 5.69 Å². The maximum Gasteiger partial charge on any atom is 0.119 e. The second-order valence-electron chi connectivity index (χ2n) is 5.75. The highest BCUT2D eigenvalue weighted by molar-refractivity contribution is 5.49. The van der Waals surface area contributed by atoms with Gasteiger partial charge in [-0.2, -0.15) is 0 Å². The first-order valence-electron chi connectivity index (χ1n) is 7.84. The van der Waals surface area contributed by atoms with Crippen molar-refractivity contribution in [2.75, 3.05) is 38.7 Å². The zero-order valence-corrected chi connectivity index (χ0v) is 13.1. The van der Waals surface area contributed by atoms with Gasteiger partial charge in [-0.15, -0.1) is 0 Å². The summed E-state index contributed by atoms with van der Waals surface area (Å²) in [4.78, 5) is 5.04. The standard InChI is InChI=1S/C17H28N2O/c1-4-5-12-18(2)15-10-13-19(14-11-15)16-6-8-17(20-3)9-7-16/h6-9,15H,4-5,10-14H2,1-3H3. The van der Waals surface area contributed by atoms with Gasteiger partial charge < -0.3 is 14.5 Å². The molecule has 1 saturated heterocycles. The minimum absolute atomic E-state index is 0.760. The Morgan fingerprint density at radius 3 is 2.40 bits per heavy atom. The molecule has 3 nitrogen and oxygen atoms in total. The summed E-state index contributed by atoms with van der Waals surface area (Å²) >= 11 is 0. The van der Waals surface area contributed by atoms with Crippen LogP contribution in [-0.2, 0) is 0 Å². The van der Waals surface area contributed by atoms with E-state index in [9.17, 15) is 0 Å². The van der Waals surface area contributed by atoms with Crippen molar-refractivity contribution in [2.24, 2.45) is 0 Å². The molecule has 2 rings (SSSR count). The van der Waals surface area contributed by atoms with Crippen molar-refractivity contribution in [1.82, 2.24) is 4.90 Å². The van der Waals surface area contributed by atoms with Gasteiger partial charge in [-0.05, 0) is 57.1 Å². The molecule has 0 radical (unpaired) electrons. The molecule has 1 aliphatic rings. The molecule has 0 atom stereocenters. The quantitative estimate of drug-likeness (QED) is 0.792.